The number of rotatable bonds is 0. The largest absolute Gasteiger partial charge is 0.444 e. The molecule has 1 saturated carbocycles. The highest BCUT2D eigenvalue weighted by Gasteiger charge is 2.48. The Morgan fingerprint density at radius 3 is 2.44 bits per heavy atom. The summed E-state index contributed by atoms with van der Waals surface area (Å²) >= 11 is 0. The van der Waals surface area contributed by atoms with Crippen molar-refractivity contribution in [1.29, 1.82) is 0 Å². The van der Waals surface area contributed by atoms with Crippen LogP contribution in [0.4, 0.5) is 4.79 Å². The molecule has 1 heterocycles. The first-order valence-electron chi connectivity index (χ1n) is 6.98. The summed E-state index contributed by atoms with van der Waals surface area (Å²) in [5, 5.41) is 10.3. The van der Waals surface area contributed by atoms with Gasteiger partial charge < -0.3 is 14.7 Å². The summed E-state index contributed by atoms with van der Waals surface area (Å²) in [5.41, 5.74) is -0.528. The van der Waals surface area contributed by atoms with Crippen LogP contribution in [-0.4, -0.2) is 40.9 Å². The van der Waals surface area contributed by atoms with Crippen LogP contribution in [0.2, 0.25) is 0 Å². The fourth-order valence-electron chi connectivity index (χ4n) is 3.17. The molecular formula is C14H25NO3. The van der Waals surface area contributed by atoms with Crippen molar-refractivity contribution >= 4 is 6.09 Å². The first kappa shape index (κ1) is 13.7. The van der Waals surface area contributed by atoms with E-state index in [9.17, 15) is 9.90 Å². The van der Waals surface area contributed by atoms with Crippen LogP contribution in [0, 0.1) is 5.41 Å². The maximum atomic E-state index is 12.0. The quantitative estimate of drug-likeness (QED) is 0.723. The van der Waals surface area contributed by atoms with E-state index in [1.165, 1.54) is 19.3 Å². The molecule has 1 atom stereocenters. The fourth-order valence-corrected chi connectivity index (χ4v) is 3.17. The number of carbonyl (C=O) groups is 1. The third-order valence-corrected chi connectivity index (χ3v) is 4.11. The Hall–Kier alpha value is -0.770. The Morgan fingerprint density at radius 1 is 1.28 bits per heavy atom. The molecule has 18 heavy (non-hydrogen) atoms. The van der Waals surface area contributed by atoms with Crippen molar-refractivity contribution in [2.24, 2.45) is 5.41 Å². The average molecular weight is 255 g/mol. The van der Waals surface area contributed by atoms with Crippen LogP contribution in [0.1, 0.15) is 52.9 Å². The van der Waals surface area contributed by atoms with Gasteiger partial charge in [-0.2, -0.15) is 0 Å². The molecule has 0 bridgehead atoms. The first-order chi connectivity index (χ1) is 8.32. The predicted molar refractivity (Wildman–Crippen MR) is 69.3 cm³/mol. The lowest BCUT2D eigenvalue weighted by molar-refractivity contribution is 0.0262. The van der Waals surface area contributed by atoms with Crippen LogP contribution in [0.5, 0.6) is 0 Å². The summed E-state index contributed by atoms with van der Waals surface area (Å²) < 4.78 is 5.38. The molecule has 0 aromatic heterocycles. The van der Waals surface area contributed by atoms with Crippen molar-refractivity contribution < 1.29 is 14.6 Å². The van der Waals surface area contributed by atoms with E-state index in [1.807, 2.05) is 20.8 Å². The summed E-state index contributed by atoms with van der Waals surface area (Å²) in [6.45, 7) is 6.69. The van der Waals surface area contributed by atoms with Gasteiger partial charge in [0.1, 0.15) is 5.60 Å². The van der Waals surface area contributed by atoms with Gasteiger partial charge in [-0.3, -0.25) is 0 Å². The molecule has 2 fully saturated rings. The number of aliphatic hydroxyl groups excluding tert-OH is 1. The lowest BCUT2D eigenvalue weighted by atomic mass is 9.72. The molecule has 0 radical (unpaired) electrons. The smallest absolute Gasteiger partial charge is 0.410 e. The van der Waals surface area contributed by atoms with Gasteiger partial charge in [0.25, 0.3) is 0 Å². The van der Waals surface area contributed by atoms with Crippen molar-refractivity contribution in [2.45, 2.75) is 64.6 Å². The first-order valence-corrected chi connectivity index (χ1v) is 6.98. The third-order valence-electron chi connectivity index (χ3n) is 4.11. The van der Waals surface area contributed by atoms with Gasteiger partial charge in [-0.1, -0.05) is 19.3 Å². The predicted octanol–water partition coefficient (Wildman–Crippen LogP) is 2.55. The van der Waals surface area contributed by atoms with E-state index in [2.05, 4.69) is 0 Å². The molecule has 4 nitrogen and oxygen atoms in total. The molecule has 1 unspecified atom stereocenters. The second kappa shape index (κ2) is 4.72. The molecule has 1 spiro atoms. The number of β-amino-alcohol motifs (C(OH)–C–C–N with tert-alkyl or cyclic N) is 1. The summed E-state index contributed by atoms with van der Waals surface area (Å²) in [6.07, 6.45) is 4.98. The van der Waals surface area contributed by atoms with Gasteiger partial charge in [-0.05, 0) is 33.6 Å². The van der Waals surface area contributed by atoms with E-state index in [-0.39, 0.29) is 17.6 Å². The maximum Gasteiger partial charge on any atom is 0.410 e. The molecule has 0 aromatic rings. The number of hydrogen-bond donors (Lipinski definition) is 1. The van der Waals surface area contributed by atoms with Crippen molar-refractivity contribution in [2.75, 3.05) is 13.1 Å². The van der Waals surface area contributed by atoms with Crippen LogP contribution < -0.4 is 0 Å². The van der Waals surface area contributed by atoms with E-state index in [4.69, 9.17) is 4.74 Å². The van der Waals surface area contributed by atoms with Gasteiger partial charge in [-0.15, -0.1) is 0 Å². The van der Waals surface area contributed by atoms with Crippen LogP contribution >= 0.6 is 0 Å². The normalized spacial score (nSPS) is 27.6. The number of amides is 1. The number of hydrogen-bond acceptors (Lipinski definition) is 3. The molecule has 104 valence electrons. The van der Waals surface area contributed by atoms with Crippen LogP contribution in [-0.2, 0) is 4.74 Å². The Labute approximate surface area is 109 Å². The standard InChI is InChI=1S/C14H25NO3/c1-13(2,3)18-12(17)15-9-11(16)14(10-15)7-5-4-6-8-14/h11,16H,4-10H2,1-3H3. The van der Waals surface area contributed by atoms with E-state index in [0.29, 0.717) is 13.1 Å². The van der Waals surface area contributed by atoms with Gasteiger partial charge in [0, 0.05) is 12.0 Å². The van der Waals surface area contributed by atoms with Crippen LogP contribution in [0.3, 0.4) is 0 Å². The average Bonchev–Trinajstić information content (AvgIpc) is 2.56. The maximum absolute atomic E-state index is 12.0. The zero-order valence-corrected chi connectivity index (χ0v) is 11.7. The van der Waals surface area contributed by atoms with Gasteiger partial charge in [0.2, 0.25) is 0 Å². The van der Waals surface area contributed by atoms with E-state index in [1.54, 1.807) is 4.90 Å². The summed E-state index contributed by atoms with van der Waals surface area (Å²) in [6, 6.07) is 0. The highest BCUT2D eigenvalue weighted by molar-refractivity contribution is 5.68. The molecular weight excluding hydrogens is 230 g/mol. The molecule has 4 heteroatoms. The van der Waals surface area contributed by atoms with Crippen molar-refractivity contribution in [3.05, 3.63) is 0 Å². The summed E-state index contributed by atoms with van der Waals surface area (Å²) in [7, 11) is 0. The van der Waals surface area contributed by atoms with Crippen molar-refractivity contribution in [3.8, 4) is 0 Å². The van der Waals surface area contributed by atoms with E-state index in [0.717, 1.165) is 12.8 Å². The van der Waals surface area contributed by atoms with Crippen molar-refractivity contribution in [3.63, 3.8) is 0 Å². The zero-order chi connectivity index (χ0) is 13.4. The monoisotopic (exact) mass is 255 g/mol. The van der Waals surface area contributed by atoms with E-state index < -0.39 is 5.60 Å². The molecule has 1 saturated heterocycles. The second-order valence-corrected chi connectivity index (χ2v) is 6.80. The lowest BCUT2D eigenvalue weighted by Crippen LogP contribution is -2.38. The molecule has 1 aliphatic carbocycles. The Morgan fingerprint density at radius 2 is 1.89 bits per heavy atom. The van der Waals surface area contributed by atoms with E-state index >= 15 is 0 Å². The topological polar surface area (TPSA) is 49.8 Å². The molecule has 0 aromatic carbocycles. The Bertz CT molecular complexity index is 315. The van der Waals surface area contributed by atoms with Gasteiger partial charge in [0.15, 0.2) is 0 Å². The number of ether oxygens (including phenoxy) is 1. The molecule has 1 N–H and O–H groups in total. The van der Waals surface area contributed by atoms with Gasteiger partial charge in [-0.25, -0.2) is 4.79 Å². The fraction of sp³-hybridized carbons (Fsp3) is 0.929. The van der Waals surface area contributed by atoms with Crippen LogP contribution in [0.15, 0.2) is 0 Å². The summed E-state index contributed by atoms with van der Waals surface area (Å²) in [5.74, 6) is 0. The lowest BCUT2D eigenvalue weighted by Gasteiger charge is -2.35. The molecule has 2 aliphatic rings. The third kappa shape index (κ3) is 2.79. The highest BCUT2D eigenvalue weighted by Crippen LogP contribution is 2.44. The summed E-state index contributed by atoms with van der Waals surface area (Å²) in [4.78, 5) is 13.7. The zero-order valence-electron chi connectivity index (χ0n) is 11.7. The SMILES string of the molecule is CC(C)(C)OC(=O)N1CC(O)C2(CCCCC2)C1. The Balaban J connectivity index is 1.99. The number of nitrogens with zero attached hydrogens (tertiary/aromatic N) is 1. The molecule has 1 aliphatic heterocycles. The number of likely N-dealkylation sites (tertiary alicyclic amines) is 1. The highest BCUT2D eigenvalue weighted by atomic mass is 16.6. The molecule has 2 rings (SSSR count). The number of aliphatic hydroxyl groups is 1. The second-order valence-electron chi connectivity index (χ2n) is 6.80. The minimum Gasteiger partial charge on any atom is -0.444 e. The van der Waals surface area contributed by atoms with Crippen LogP contribution in [0.25, 0.3) is 0 Å². The van der Waals surface area contributed by atoms with Gasteiger partial charge >= 0.3 is 6.09 Å². The Kier molecular flexibility index (Phi) is 3.58. The molecule has 1 amide bonds. The van der Waals surface area contributed by atoms with Gasteiger partial charge in [0.05, 0.1) is 12.6 Å². The van der Waals surface area contributed by atoms with Crippen molar-refractivity contribution in [1.82, 2.24) is 4.90 Å². The minimum absolute atomic E-state index is 0.0604. The minimum atomic E-state index is -0.468. The number of carbonyl (C=O) groups excluding carboxylic acids is 1.